The number of urea groups is 1. The topological polar surface area (TPSA) is 78.9 Å². The van der Waals surface area contributed by atoms with Gasteiger partial charge in [0.05, 0.1) is 19.3 Å². The molecule has 4 atom stereocenters. The molecule has 2 fully saturated rings. The monoisotopic (exact) mass is 298 g/mol. The zero-order chi connectivity index (χ0) is 15.4. The number of hydrogen-bond acceptors (Lipinski definition) is 3. The molecule has 6 nitrogen and oxygen atoms in total. The quantitative estimate of drug-likeness (QED) is 0.777. The Labute approximate surface area is 125 Å². The van der Waals surface area contributed by atoms with E-state index in [1.165, 1.54) is 11.3 Å². The predicted octanol–water partition coefficient (Wildman–Crippen LogP) is 1.70. The zero-order valence-corrected chi connectivity index (χ0v) is 12.9. The lowest BCUT2D eigenvalue weighted by Gasteiger charge is -2.28. The summed E-state index contributed by atoms with van der Waals surface area (Å²) in [5, 5.41) is 12.2. The van der Waals surface area contributed by atoms with Crippen LogP contribution in [0.25, 0.3) is 0 Å². The van der Waals surface area contributed by atoms with Gasteiger partial charge in [-0.3, -0.25) is 4.79 Å². The fraction of sp³-hybridized carbons (Fsp3) is 0.867. The van der Waals surface area contributed by atoms with Crippen LogP contribution in [0.1, 0.15) is 39.0 Å². The number of carbonyl (C=O) groups excluding carboxylic acids is 1. The number of rotatable bonds is 3. The highest BCUT2D eigenvalue weighted by Crippen LogP contribution is 2.23. The Morgan fingerprint density at radius 1 is 1.19 bits per heavy atom. The van der Waals surface area contributed by atoms with Gasteiger partial charge in [-0.1, -0.05) is 19.8 Å². The molecule has 2 N–H and O–H groups in total. The minimum Gasteiger partial charge on any atom is -0.481 e. The number of nitrogens with zero attached hydrogens (tertiary/aromatic N) is 1. The van der Waals surface area contributed by atoms with Gasteiger partial charge in [-0.2, -0.15) is 0 Å². The highest BCUT2D eigenvalue weighted by molar-refractivity contribution is 5.77. The molecule has 1 saturated heterocycles. The van der Waals surface area contributed by atoms with E-state index in [1.807, 2.05) is 0 Å². The van der Waals surface area contributed by atoms with E-state index in [9.17, 15) is 9.59 Å². The van der Waals surface area contributed by atoms with Gasteiger partial charge in [-0.15, -0.1) is 0 Å². The Morgan fingerprint density at radius 3 is 2.67 bits per heavy atom. The van der Waals surface area contributed by atoms with Crippen LogP contribution in [0.3, 0.4) is 0 Å². The van der Waals surface area contributed by atoms with Crippen molar-refractivity contribution < 1.29 is 19.4 Å². The van der Waals surface area contributed by atoms with E-state index in [4.69, 9.17) is 9.84 Å². The molecule has 0 radical (unpaired) electrons. The maximum absolute atomic E-state index is 12.3. The summed E-state index contributed by atoms with van der Waals surface area (Å²) in [5.74, 6) is -0.806. The Kier molecular flexibility index (Phi) is 5.45. The predicted molar refractivity (Wildman–Crippen MR) is 78.1 cm³/mol. The molecular formula is C15H26N2O4. The molecule has 4 unspecified atom stereocenters. The second kappa shape index (κ2) is 7.11. The maximum atomic E-state index is 12.3. The van der Waals surface area contributed by atoms with Crippen molar-refractivity contribution in [3.8, 4) is 0 Å². The average molecular weight is 298 g/mol. The van der Waals surface area contributed by atoms with Gasteiger partial charge in [0.2, 0.25) is 0 Å². The van der Waals surface area contributed by atoms with Crippen LogP contribution in [0.15, 0.2) is 0 Å². The van der Waals surface area contributed by atoms with Crippen LogP contribution in [-0.2, 0) is 9.53 Å². The fourth-order valence-corrected chi connectivity index (χ4v) is 3.22. The number of aliphatic carboxylic acids is 1. The van der Waals surface area contributed by atoms with Gasteiger partial charge >= 0.3 is 12.0 Å². The van der Waals surface area contributed by atoms with E-state index < -0.39 is 11.9 Å². The second-order valence-corrected chi connectivity index (χ2v) is 6.42. The largest absolute Gasteiger partial charge is 0.481 e. The number of carbonyl (C=O) groups is 2. The van der Waals surface area contributed by atoms with Gasteiger partial charge in [0, 0.05) is 13.1 Å². The molecule has 2 rings (SSSR count). The zero-order valence-electron chi connectivity index (χ0n) is 12.9. The first-order chi connectivity index (χ1) is 9.99. The number of amides is 2. The van der Waals surface area contributed by atoms with Crippen LogP contribution in [0.5, 0.6) is 0 Å². The van der Waals surface area contributed by atoms with Crippen LogP contribution in [-0.4, -0.2) is 54.4 Å². The molecule has 6 heteroatoms. The highest BCUT2D eigenvalue weighted by Gasteiger charge is 2.38. The van der Waals surface area contributed by atoms with E-state index >= 15 is 0 Å². The van der Waals surface area contributed by atoms with Crippen LogP contribution in [0.2, 0.25) is 0 Å². The smallest absolute Gasteiger partial charge is 0.317 e. The van der Waals surface area contributed by atoms with Crippen molar-refractivity contribution in [3.63, 3.8) is 0 Å². The maximum Gasteiger partial charge on any atom is 0.317 e. The molecule has 21 heavy (non-hydrogen) atoms. The third-order valence-electron chi connectivity index (χ3n) is 4.77. The first-order valence-corrected chi connectivity index (χ1v) is 7.83. The Hall–Kier alpha value is -1.30. The lowest BCUT2D eigenvalue weighted by Crippen LogP contribution is -2.50. The summed E-state index contributed by atoms with van der Waals surface area (Å²) in [6.07, 6.45) is 5.51. The van der Waals surface area contributed by atoms with Crippen LogP contribution in [0, 0.1) is 11.8 Å². The summed E-state index contributed by atoms with van der Waals surface area (Å²) in [5.41, 5.74) is 0. The second-order valence-electron chi connectivity index (χ2n) is 6.42. The van der Waals surface area contributed by atoms with Crippen molar-refractivity contribution >= 4 is 12.0 Å². The van der Waals surface area contributed by atoms with E-state index in [0.29, 0.717) is 6.61 Å². The van der Waals surface area contributed by atoms with Crippen molar-refractivity contribution in [3.05, 3.63) is 0 Å². The lowest BCUT2D eigenvalue weighted by molar-refractivity contribution is -0.142. The molecule has 2 aliphatic rings. The fourth-order valence-electron chi connectivity index (χ4n) is 3.22. The van der Waals surface area contributed by atoms with Crippen LogP contribution in [0.4, 0.5) is 4.79 Å². The molecule has 0 aromatic heterocycles. The van der Waals surface area contributed by atoms with Gasteiger partial charge in [-0.05, 0) is 25.2 Å². The van der Waals surface area contributed by atoms with Crippen molar-refractivity contribution in [2.24, 2.45) is 11.8 Å². The van der Waals surface area contributed by atoms with Gasteiger partial charge in [-0.25, -0.2) is 4.79 Å². The normalized spacial score (nSPS) is 33.2. The summed E-state index contributed by atoms with van der Waals surface area (Å²) < 4.78 is 5.22. The Bertz CT molecular complexity index is 388. The van der Waals surface area contributed by atoms with E-state index in [1.54, 1.807) is 7.05 Å². The molecule has 0 aromatic rings. The van der Waals surface area contributed by atoms with Crippen LogP contribution < -0.4 is 5.32 Å². The number of carboxylic acid groups (broad SMARTS) is 1. The molecule has 0 spiro atoms. The molecule has 0 bridgehead atoms. The molecule has 1 heterocycles. The first-order valence-electron chi connectivity index (χ1n) is 7.83. The SMILES string of the molecule is CC1CCCC(NC(=O)N(C)C2COCC2C(=O)O)CC1. The third kappa shape index (κ3) is 4.09. The van der Waals surface area contributed by atoms with Gasteiger partial charge < -0.3 is 20.1 Å². The minimum absolute atomic E-state index is 0.179. The number of likely N-dealkylation sites (N-methyl/N-ethyl adjacent to an activating group) is 1. The first kappa shape index (κ1) is 16.1. The summed E-state index contributed by atoms with van der Waals surface area (Å²) in [6.45, 7) is 2.73. The van der Waals surface area contributed by atoms with Crippen molar-refractivity contribution in [2.75, 3.05) is 20.3 Å². The molecule has 0 aromatic carbocycles. The van der Waals surface area contributed by atoms with Crippen molar-refractivity contribution in [2.45, 2.75) is 51.1 Å². The number of ether oxygens (including phenoxy) is 1. The molecule has 1 aliphatic carbocycles. The van der Waals surface area contributed by atoms with Crippen LogP contribution >= 0.6 is 0 Å². The van der Waals surface area contributed by atoms with Gasteiger partial charge in [0.1, 0.15) is 5.92 Å². The summed E-state index contributed by atoms with van der Waals surface area (Å²) >= 11 is 0. The minimum atomic E-state index is -0.902. The molecule has 2 amide bonds. The van der Waals surface area contributed by atoms with Crippen molar-refractivity contribution in [1.82, 2.24) is 10.2 Å². The number of nitrogens with one attached hydrogen (secondary N) is 1. The summed E-state index contributed by atoms with van der Waals surface area (Å²) in [4.78, 5) is 25.0. The number of carboxylic acids is 1. The van der Waals surface area contributed by atoms with Gasteiger partial charge in [0.25, 0.3) is 0 Å². The molecule has 1 aliphatic heterocycles. The van der Waals surface area contributed by atoms with E-state index in [2.05, 4.69) is 12.2 Å². The highest BCUT2D eigenvalue weighted by atomic mass is 16.5. The Morgan fingerprint density at radius 2 is 1.95 bits per heavy atom. The molecule has 120 valence electrons. The lowest BCUT2D eigenvalue weighted by atomic mass is 10.0. The summed E-state index contributed by atoms with van der Waals surface area (Å²) in [6, 6.07) is -0.362. The summed E-state index contributed by atoms with van der Waals surface area (Å²) in [7, 11) is 1.66. The molecular weight excluding hydrogens is 272 g/mol. The molecule has 1 saturated carbocycles. The average Bonchev–Trinajstić information content (AvgIpc) is 2.84. The number of hydrogen-bond donors (Lipinski definition) is 2. The van der Waals surface area contributed by atoms with Crippen molar-refractivity contribution in [1.29, 1.82) is 0 Å². The standard InChI is InChI=1S/C15H26N2O4/c1-10-4-3-5-11(7-6-10)16-15(20)17(2)13-9-21-8-12(13)14(18)19/h10-13H,3-9H2,1-2H3,(H,16,20)(H,18,19). The Balaban J connectivity index is 1.88. The van der Waals surface area contributed by atoms with Gasteiger partial charge in [0.15, 0.2) is 0 Å². The van der Waals surface area contributed by atoms with E-state index in [-0.39, 0.29) is 24.7 Å². The third-order valence-corrected chi connectivity index (χ3v) is 4.77. The van der Waals surface area contributed by atoms with E-state index in [0.717, 1.165) is 31.6 Å².